The van der Waals surface area contributed by atoms with E-state index in [1.54, 1.807) is 18.2 Å². The topological polar surface area (TPSA) is 53.6 Å². The lowest BCUT2D eigenvalue weighted by molar-refractivity contribution is -0.137. The average Bonchev–Trinajstić information content (AvgIpc) is 3.01. The Labute approximate surface area is 261 Å². The molecule has 1 saturated heterocycles. The number of nitrogens with zero attached hydrogens (tertiary/aromatic N) is 1. The predicted molar refractivity (Wildman–Crippen MR) is 170 cm³/mol. The largest absolute Gasteiger partial charge is 0.490 e. The van der Waals surface area contributed by atoms with Gasteiger partial charge in [-0.3, -0.25) is 9.69 Å². The average molecular weight is 661 g/mol. The highest BCUT2D eigenvalue weighted by atomic mass is 79.9. The fourth-order valence-corrected chi connectivity index (χ4v) is 5.84. The van der Waals surface area contributed by atoms with E-state index in [0.717, 1.165) is 64.0 Å². The second-order valence-electron chi connectivity index (χ2n) is 11.0. The van der Waals surface area contributed by atoms with Gasteiger partial charge in [-0.25, -0.2) is 0 Å². The number of benzene rings is 3. The van der Waals surface area contributed by atoms with Crippen molar-refractivity contribution in [2.75, 3.05) is 45.9 Å². The van der Waals surface area contributed by atoms with Gasteiger partial charge in [-0.2, -0.15) is 13.2 Å². The number of alkyl halides is 3. The first-order chi connectivity index (χ1) is 20.8. The van der Waals surface area contributed by atoms with Crippen molar-refractivity contribution in [2.45, 2.75) is 51.1 Å². The molecule has 0 aliphatic carbocycles. The van der Waals surface area contributed by atoms with Gasteiger partial charge in [0, 0.05) is 50.4 Å². The molecule has 5 nitrogen and oxygen atoms in total. The standard InChI is InChI=1S/C34H41BrF3N3O2/c35-31-25-28(33(42)40-16-9-4-2-1-3-6-11-26-12-7-5-8-13-26)24-30(27-14-10-15-29(23-27)34(36,37)38)32(31)43-22-21-41-19-17-39-18-20-41/h5,7-8,10,12-15,23-25,39H,1-4,6,9,11,16-22H2,(H,40,42). The number of unbranched alkanes of at least 4 members (excludes halogenated alkanes) is 5. The molecular formula is C34H41BrF3N3O2. The van der Waals surface area contributed by atoms with Crippen LogP contribution in [0.4, 0.5) is 13.2 Å². The molecule has 0 unspecified atom stereocenters. The van der Waals surface area contributed by atoms with Crippen molar-refractivity contribution >= 4 is 21.8 Å². The lowest BCUT2D eigenvalue weighted by Crippen LogP contribution is -2.44. The summed E-state index contributed by atoms with van der Waals surface area (Å²) in [6.45, 7) is 5.28. The number of nitrogens with one attached hydrogen (secondary N) is 2. The van der Waals surface area contributed by atoms with Crippen molar-refractivity contribution in [1.82, 2.24) is 15.5 Å². The maximum atomic E-state index is 13.5. The molecule has 3 aromatic carbocycles. The molecule has 0 atom stereocenters. The van der Waals surface area contributed by atoms with Crippen molar-refractivity contribution in [1.29, 1.82) is 0 Å². The maximum Gasteiger partial charge on any atom is 0.416 e. The van der Waals surface area contributed by atoms with E-state index in [9.17, 15) is 18.0 Å². The van der Waals surface area contributed by atoms with Crippen LogP contribution in [-0.4, -0.2) is 56.7 Å². The van der Waals surface area contributed by atoms with Gasteiger partial charge in [0.15, 0.2) is 0 Å². The van der Waals surface area contributed by atoms with Gasteiger partial charge in [0.05, 0.1) is 10.0 Å². The zero-order valence-corrected chi connectivity index (χ0v) is 26.1. The summed E-state index contributed by atoms with van der Waals surface area (Å²) in [5.74, 6) is 0.169. The molecule has 0 aromatic heterocycles. The van der Waals surface area contributed by atoms with Gasteiger partial charge in [0.25, 0.3) is 5.91 Å². The Bertz CT molecular complexity index is 1300. The Morgan fingerprint density at radius 2 is 1.63 bits per heavy atom. The molecule has 0 saturated carbocycles. The summed E-state index contributed by atoms with van der Waals surface area (Å²) in [7, 11) is 0. The Morgan fingerprint density at radius 1 is 0.907 bits per heavy atom. The fraction of sp³-hybridized carbons (Fsp3) is 0.441. The molecule has 1 heterocycles. The highest BCUT2D eigenvalue weighted by Gasteiger charge is 2.31. The van der Waals surface area contributed by atoms with Crippen molar-refractivity contribution in [3.8, 4) is 16.9 Å². The fourth-order valence-electron chi connectivity index (χ4n) is 5.27. The van der Waals surface area contributed by atoms with Crippen LogP contribution in [0.25, 0.3) is 11.1 Å². The van der Waals surface area contributed by atoms with Crippen molar-refractivity contribution in [3.05, 3.63) is 87.9 Å². The molecule has 2 N–H and O–H groups in total. The van der Waals surface area contributed by atoms with Crippen molar-refractivity contribution in [2.24, 2.45) is 0 Å². The van der Waals surface area contributed by atoms with Crippen LogP contribution in [0.2, 0.25) is 0 Å². The van der Waals surface area contributed by atoms with Gasteiger partial charge >= 0.3 is 6.18 Å². The molecule has 1 aliphatic heterocycles. The quantitative estimate of drug-likeness (QED) is 0.164. The van der Waals surface area contributed by atoms with E-state index >= 15 is 0 Å². The summed E-state index contributed by atoms with van der Waals surface area (Å²) >= 11 is 3.53. The first-order valence-corrected chi connectivity index (χ1v) is 16.0. The highest BCUT2D eigenvalue weighted by Crippen LogP contribution is 2.40. The SMILES string of the molecule is O=C(NCCCCCCCCc1ccccc1)c1cc(Br)c(OCCN2CCNCC2)c(-c2cccc(C(F)(F)F)c2)c1. The van der Waals surface area contributed by atoms with Crippen LogP contribution in [0.1, 0.15) is 60.0 Å². The van der Waals surface area contributed by atoms with Gasteiger partial charge in [-0.1, -0.05) is 68.1 Å². The lowest BCUT2D eigenvalue weighted by Gasteiger charge is -2.27. The molecule has 0 radical (unpaired) electrons. The van der Waals surface area contributed by atoms with Crippen molar-refractivity contribution < 1.29 is 22.7 Å². The van der Waals surface area contributed by atoms with Crippen LogP contribution >= 0.6 is 15.9 Å². The van der Waals surface area contributed by atoms with E-state index in [0.29, 0.717) is 46.6 Å². The first kappa shape index (κ1) is 33.0. The number of carbonyl (C=O) groups is 1. The lowest BCUT2D eigenvalue weighted by atomic mass is 9.99. The number of hydrogen-bond donors (Lipinski definition) is 2. The number of hydrogen-bond acceptors (Lipinski definition) is 4. The number of amides is 1. The number of ether oxygens (including phenoxy) is 1. The molecule has 1 amide bonds. The smallest absolute Gasteiger partial charge is 0.416 e. The second kappa shape index (κ2) is 16.8. The zero-order valence-electron chi connectivity index (χ0n) is 24.5. The minimum absolute atomic E-state index is 0.260. The highest BCUT2D eigenvalue weighted by molar-refractivity contribution is 9.10. The van der Waals surface area contributed by atoms with Gasteiger partial charge < -0.3 is 15.4 Å². The third-order valence-electron chi connectivity index (χ3n) is 7.69. The minimum Gasteiger partial charge on any atom is -0.490 e. The molecular weight excluding hydrogens is 619 g/mol. The predicted octanol–water partition coefficient (Wildman–Crippen LogP) is 7.73. The van der Waals surface area contributed by atoms with Crippen LogP contribution in [0, 0.1) is 0 Å². The monoisotopic (exact) mass is 659 g/mol. The number of halogens is 4. The Hall–Kier alpha value is -2.88. The first-order valence-electron chi connectivity index (χ1n) is 15.2. The van der Waals surface area contributed by atoms with E-state index < -0.39 is 11.7 Å². The molecule has 0 bridgehead atoms. The minimum atomic E-state index is -4.48. The molecule has 9 heteroatoms. The molecule has 1 fully saturated rings. The molecule has 3 aromatic rings. The van der Waals surface area contributed by atoms with Gasteiger partial charge in [-0.05, 0) is 70.6 Å². The van der Waals surface area contributed by atoms with Gasteiger partial charge in [0.1, 0.15) is 12.4 Å². The van der Waals surface area contributed by atoms with Crippen LogP contribution < -0.4 is 15.4 Å². The summed E-state index contributed by atoms with van der Waals surface area (Å²) in [5, 5.41) is 6.29. The Balaban J connectivity index is 1.33. The molecule has 232 valence electrons. The molecule has 43 heavy (non-hydrogen) atoms. The van der Waals surface area contributed by atoms with Gasteiger partial charge in [0.2, 0.25) is 0 Å². The van der Waals surface area contributed by atoms with E-state index in [2.05, 4.69) is 55.7 Å². The van der Waals surface area contributed by atoms with Crippen LogP contribution in [0.3, 0.4) is 0 Å². The normalized spacial score (nSPS) is 14.0. The van der Waals surface area contributed by atoms with Gasteiger partial charge in [-0.15, -0.1) is 0 Å². The third kappa shape index (κ3) is 10.7. The molecule has 0 spiro atoms. The Morgan fingerprint density at radius 3 is 2.37 bits per heavy atom. The van der Waals surface area contributed by atoms with Crippen LogP contribution in [0.15, 0.2) is 71.2 Å². The maximum absolute atomic E-state index is 13.5. The van der Waals surface area contributed by atoms with E-state index in [1.807, 2.05) is 6.07 Å². The van der Waals surface area contributed by atoms with E-state index in [1.165, 1.54) is 30.9 Å². The van der Waals surface area contributed by atoms with Crippen molar-refractivity contribution in [3.63, 3.8) is 0 Å². The zero-order chi connectivity index (χ0) is 30.5. The summed E-state index contributed by atoms with van der Waals surface area (Å²) in [6, 6.07) is 19.0. The molecule has 4 rings (SSSR count). The number of carbonyl (C=O) groups excluding carboxylic acids is 1. The second-order valence-corrected chi connectivity index (χ2v) is 11.8. The number of rotatable bonds is 15. The summed E-state index contributed by atoms with van der Waals surface area (Å²) < 4.78 is 47.2. The summed E-state index contributed by atoms with van der Waals surface area (Å²) in [6.07, 6.45) is 3.20. The van der Waals surface area contributed by atoms with E-state index in [-0.39, 0.29) is 5.91 Å². The summed E-state index contributed by atoms with van der Waals surface area (Å²) in [5.41, 5.74) is 1.79. The number of aryl methyl sites for hydroxylation is 1. The Kier molecular flexibility index (Phi) is 12.9. The van der Waals surface area contributed by atoms with Crippen LogP contribution in [-0.2, 0) is 12.6 Å². The van der Waals surface area contributed by atoms with E-state index in [4.69, 9.17) is 4.74 Å². The summed E-state index contributed by atoms with van der Waals surface area (Å²) in [4.78, 5) is 15.4. The molecule has 1 aliphatic rings. The van der Waals surface area contributed by atoms with Crippen LogP contribution in [0.5, 0.6) is 5.75 Å². The third-order valence-corrected chi connectivity index (χ3v) is 8.28. The number of piperazine rings is 1.